The third-order valence-electron chi connectivity index (χ3n) is 2.33. The van der Waals surface area contributed by atoms with Crippen LogP contribution in [0.4, 0.5) is 5.82 Å². The van der Waals surface area contributed by atoms with Crippen LogP contribution in [-0.2, 0) is 6.54 Å². The van der Waals surface area contributed by atoms with Crippen LogP contribution >= 0.6 is 0 Å². The Kier molecular flexibility index (Phi) is 3.59. The second-order valence-corrected chi connectivity index (χ2v) is 3.52. The van der Waals surface area contributed by atoms with E-state index in [2.05, 4.69) is 15.3 Å². The number of hydrogen-bond acceptors (Lipinski definition) is 5. The summed E-state index contributed by atoms with van der Waals surface area (Å²) in [5.74, 6) is 2.24. The van der Waals surface area contributed by atoms with E-state index in [0.717, 1.165) is 17.1 Å². The fraction of sp³-hybridized carbons (Fsp3) is 0.333. The molecular formula is C12H15N3O2. The van der Waals surface area contributed by atoms with Crippen LogP contribution in [0.25, 0.3) is 0 Å². The van der Waals surface area contributed by atoms with Crippen molar-refractivity contribution in [3.8, 4) is 5.88 Å². The Hall–Kier alpha value is -2.04. The number of aromatic nitrogens is 2. The van der Waals surface area contributed by atoms with E-state index in [9.17, 15) is 0 Å². The highest BCUT2D eigenvalue weighted by atomic mass is 16.5. The lowest BCUT2D eigenvalue weighted by atomic mass is 10.3. The summed E-state index contributed by atoms with van der Waals surface area (Å²) >= 11 is 0. The zero-order valence-corrected chi connectivity index (χ0v) is 9.93. The number of furan rings is 1. The van der Waals surface area contributed by atoms with Crippen molar-refractivity contribution < 1.29 is 9.15 Å². The van der Waals surface area contributed by atoms with Crippen LogP contribution < -0.4 is 10.1 Å². The van der Waals surface area contributed by atoms with Gasteiger partial charge in [-0.05, 0) is 26.0 Å². The standard InChI is InChI=1S/C12H15N3O2/c1-3-16-12-9(2)11(14-8-15-12)13-7-10-5-4-6-17-10/h4-6,8H,3,7H2,1-2H3,(H,13,14,15). The zero-order valence-electron chi connectivity index (χ0n) is 9.93. The van der Waals surface area contributed by atoms with E-state index in [4.69, 9.17) is 9.15 Å². The molecular weight excluding hydrogens is 218 g/mol. The van der Waals surface area contributed by atoms with Gasteiger partial charge in [0.05, 0.1) is 25.0 Å². The maximum atomic E-state index is 5.40. The highest BCUT2D eigenvalue weighted by Gasteiger charge is 2.07. The quantitative estimate of drug-likeness (QED) is 0.859. The second-order valence-electron chi connectivity index (χ2n) is 3.52. The summed E-state index contributed by atoms with van der Waals surface area (Å²) in [5, 5.41) is 3.19. The fourth-order valence-corrected chi connectivity index (χ4v) is 1.48. The molecule has 5 nitrogen and oxygen atoms in total. The topological polar surface area (TPSA) is 60.2 Å². The van der Waals surface area contributed by atoms with Crippen molar-refractivity contribution in [1.82, 2.24) is 9.97 Å². The van der Waals surface area contributed by atoms with E-state index in [1.54, 1.807) is 6.26 Å². The van der Waals surface area contributed by atoms with Crippen LogP contribution in [0.1, 0.15) is 18.2 Å². The number of nitrogens with one attached hydrogen (secondary N) is 1. The van der Waals surface area contributed by atoms with Gasteiger partial charge < -0.3 is 14.5 Å². The summed E-state index contributed by atoms with van der Waals surface area (Å²) in [6.45, 7) is 5.04. The van der Waals surface area contributed by atoms with Crippen molar-refractivity contribution in [2.75, 3.05) is 11.9 Å². The maximum Gasteiger partial charge on any atom is 0.221 e. The average molecular weight is 233 g/mol. The average Bonchev–Trinajstić information content (AvgIpc) is 2.83. The smallest absolute Gasteiger partial charge is 0.221 e. The van der Waals surface area contributed by atoms with Gasteiger partial charge >= 0.3 is 0 Å². The van der Waals surface area contributed by atoms with Crippen molar-refractivity contribution in [3.05, 3.63) is 36.0 Å². The lowest BCUT2D eigenvalue weighted by molar-refractivity contribution is 0.324. The minimum Gasteiger partial charge on any atom is -0.478 e. The maximum absolute atomic E-state index is 5.40. The Morgan fingerprint density at radius 1 is 1.41 bits per heavy atom. The molecule has 2 aromatic rings. The highest BCUT2D eigenvalue weighted by Crippen LogP contribution is 2.20. The van der Waals surface area contributed by atoms with Crippen LogP contribution in [0, 0.1) is 6.92 Å². The summed E-state index contributed by atoms with van der Waals surface area (Å²) in [5.41, 5.74) is 0.904. The SMILES string of the molecule is CCOc1ncnc(NCc2ccco2)c1C. The van der Waals surface area contributed by atoms with Crippen LogP contribution in [0.2, 0.25) is 0 Å². The van der Waals surface area contributed by atoms with Crippen LogP contribution in [0.15, 0.2) is 29.1 Å². The van der Waals surface area contributed by atoms with Gasteiger partial charge in [0.15, 0.2) is 0 Å². The van der Waals surface area contributed by atoms with Gasteiger partial charge in [-0.1, -0.05) is 0 Å². The number of anilines is 1. The van der Waals surface area contributed by atoms with Crippen molar-refractivity contribution in [2.45, 2.75) is 20.4 Å². The first kappa shape index (κ1) is 11.4. The summed E-state index contributed by atoms with van der Waals surface area (Å²) in [6.07, 6.45) is 3.14. The molecule has 2 heterocycles. The molecule has 0 bridgehead atoms. The van der Waals surface area contributed by atoms with Gasteiger partial charge in [0, 0.05) is 0 Å². The largest absolute Gasteiger partial charge is 0.478 e. The molecule has 0 aromatic carbocycles. The van der Waals surface area contributed by atoms with Crippen LogP contribution in [-0.4, -0.2) is 16.6 Å². The highest BCUT2D eigenvalue weighted by molar-refractivity contribution is 5.47. The normalized spacial score (nSPS) is 10.2. The Balaban J connectivity index is 2.07. The van der Waals surface area contributed by atoms with Crippen molar-refractivity contribution >= 4 is 5.82 Å². The lowest BCUT2D eigenvalue weighted by Crippen LogP contribution is -2.05. The Labute approximate surface area is 99.8 Å². The van der Waals surface area contributed by atoms with Gasteiger partial charge in [0.25, 0.3) is 0 Å². The van der Waals surface area contributed by atoms with Gasteiger partial charge in [0.1, 0.15) is 17.9 Å². The number of nitrogens with zero attached hydrogens (tertiary/aromatic N) is 2. The molecule has 0 saturated carbocycles. The second kappa shape index (κ2) is 5.34. The van der Waals surface area contributed by atoms with Gasteiger partial charge in [-0.3, -0.25) is 0 Å². The molecule has 0 aliphatic heterocycles. The molecule has 2 aromatic heterocycles. The van der Waals surface area contributed by atoms with E-state index in [-0.39, 0.29) is 0 Å². The molecule has 0 fully saturated rings. The minimum atomic E-state index is 0.593. The van der Waals surface area contributed by atoms with Crippen molar-refractivity contribution in [1.29, 1.82) is 0 Å². The third-order valence-corrected chi connectivity index (χ3v) is 2.33. The zero-order chi connectivity index (χ0) is 12.1. The van der Waals surface area contributed by atoms with Crippen molar-refractivity contribution in [2.24, 2.45) is 0 Å². The molecule has 17 heavy (non-hydrogen) atoms. The van der Waals surface area contributed by atoms with Crippen LogP contribution in [0.5, 0.6) is 5.88 Å². The first-order chi connectivity index (χ1) is 8.31. The van der Waals surface area contributed by atoms with E-state index >= 15 is 0 Å². The first-order valence-corrected chi connectivity index (χ1v) is 5.52. The molecule has 90 valence electrons. The molecule has 0 unspecified atom stereocenters. The number of hydrogen-bond donors (Lipinski definition) is 1. The van der Waals surface area contributed by atoms with Gasteiger partial charge in [-0.15, -0.1) is 0 Å². The number of rotatable bonds is 5. The molecule has 0 amide bonds. The van der Waals surface area contributed by atoms with E-state index < -0.39 is 0 Å². The molecule has 0 aliphatic rings. The Morgan fingerprint density at radius 3 is 3.00 bits per heavy atom. The minimum absolute atomic E-state index is 0.593. The molecule has 2 rings (SSSR count). The molecule has 0 aliphatic carbocycles. The van der Waals surface area contributed by atoms with E-state index in [1.165, 1.54) is 6.33 Å². The lowest BCUT2D eigenvalue weighted by Gasteiger charge is -2.10. The van der Waals surface area contributed by atoms with Crippen LogP contribution in [0.3, 0.4) is 0 Å². The van der Waals surface area contributed by atoms with Gasteiger partial charge in [-0.25, -0.2) is 9.97 Å². The van der Waals surface area contributed by atoms with Crippen molar-refractivity contribution in [3.63, 3.8) is 0 Å². The monoisotopic (exact) mass is 233 g/mol. The summed E-state index contributed by atoms with van der Waals surface area (Å²) < 4.78 is 10.6. The predicted octanol–water partition coefficient (Wildman–Crippen LogP) is 2.39. The van der Waals surface area contributed by atoms with E-state index in [1.807, 2.05) is 26.0 Å². The summed E-state index contributed by atoms with van der Waals surface area (Å²) in [4.78, 5) is 8.25. The van der Waals surface area contributed by atoms with Gasteiger partial charge in [-0.2, -0.15) is 0 Å². The van der Waals surface area contributed by atoms with Gasteiger partial charge in [0.2, 0.25) is 5.88 Å². The van der Waals surface area contributed by atoms with E-state index in [0.29, 0.717) is 19.0 Å². The predicted molar refractivity (Wildman–Crippen MR) is 64.0 cm³/mol. The number of ether oxygens (including phenoxy) is 1. The summed E-state index contributed by atoms with van der Waals surface area (Å²) in [7, 11) is 0. The summed E-state index contributed by atoms with van der Waals surface area (Å²) in [6, 6.07) is 3.77. The molecule has 0 radical (unpaired) electrons. The Morgan fingerprint density at radius 2 is 2.29 bits per heavy atom. The molecule has 0 spiro atoms. The molecule has 0 saturated heterocycles. The molecule has 5 heteroatoms. The first-order valence-electron chi connectivity index (χ1n) is 5.52. The molecule has 0 atom stereocenters. The molecule has 1 N–H and O–H groups in total. The fourth-order valence-electron chi connectivity index (χ4n) is 1.48. The Bertz CT molecular complexity index is 469. The third kappa shape index (κ3) is 2.75.